The summed E-state index contributed by atoms with van der Waals surface area (Å²) in [6.45, 7) is 4.09. The molecule has 0 saturated carbocycles. The van der Waals surface area contributed by atoms with E-state index in [1.165, 1.54) is 0 Å². The first-order valence-corrected chi connectivity index (χ1v) is 8.44. The smallest absolute Gasteiger partial charge is 0.340 e. The van der Waals surface area contributed by atoms with E-state index in [9.17, 15) is 9.59 Å². The van der Waals surface area contributed by atoms with E-state index in [1.807, 2.05) is 31.2 Å². The van der Waals surface area contributed by atoms with Gasteiger partial charge in [0.1, 0.15) is 0 Å². The first-order chi connectivity index (χ1) is 12.0. The van der Waals surface area contributed by atoms with Gasteiger partial charge in [-0.05, 0) is 43.7 Å². The van der Waals surface area contributed by atoms with Crippen LogP contribution < -0.4 is 10.6 Å². The predicted molar refractivity (Wildman–Crippen MR) is 98.9 cm³/mol. The molecule has 0 aliphatic carbocycles. The highest BCUT2D eigenvalue weighted by molar-refractivity contribution is 6.30. The van der Waals surface area contributed by atoms with Crippen LogP contribution in [-0.4, -0.2) is 25.0 Å². The summed E-state index contributed by atoms with van der Waals surface area (Å²) in [6.07, 6.45) is 0. The molecule has 1 atom stereocenters. The van der Waals surface area contributed by atoms with Gasteiger partial charge in [-0.25, -0.2) is 4.79 Å². The lowest BCUT2D eigenvalue weighted by molar-refractivity contribution is -0.115. The van der Waals surface area contributed by atoms with Gasteiger partial charge in [-0.1, -0.05) is 35.9 Å². The van der Waals surface area contributed by atoms with Crippen LogP contribution in [0.2, 0.25) is 5.02 Å². The third kappa shape index (κ3) is 5.59. The maximum Gasteiger partial charge on any atom is 0.340 e. The normalized spacial score (nSPS) is 11.6. The second-order valence-corrected chi connectivity index (χ2v) is 5.90. The lowest BCUT2D eigenvalue weighted by atomic mass is 10.1. The van der Waals surface area contributed by atoms with Gasteiger partial charge < -0.3 is 15.4 Å². The maximum atomic E-state index is 12.2. The molecule has 25 heavy (non-hydrogen) atoms. The average Bonchev–Trinajstić information content (AvgIpc) is 2.61. The Kier molecular flexibility index (Phi) is 6.98. The van der Waals surface area contributed by atoms with Crippen LogP contribution in [0.5, 0.6) is 0 Å². The summed E-state index contributed by atoms with van der Waals surface area (Å²) in [4.78, 5) is 24.1. The van der Waals surface area contributed by atoms with E-state index in [4.69, 9.17) is 16.3 Å². The maximum absolute atomic E-state index is 12.2. The minimum absolute atomic E-state index is 0.0108. The molecule has 2 rings (SSSR count). The zero-order valence-electron chi connectivity index (χ0n) is 14.2. The van der Waals surface area contributed by atoms with E-state index < -0.39 is 5.97 Å². The van der Waals surface area contributed by atoms with Crippen LogP contribution in [-0.2, 0) is 9.53 Å². The molecule has 0 aliphatic heterocycles. The summed E-state index contributed by atoms with van der Waals surface area (Å²) in [5.41, 5.74) is 1.81. The van der Waals surface area contributed by atoms with Crippen LogP contribution in [0, 0.1) is 0 Å². The molecule has 0 spiro atoms. The number of rotatable bonds is 7. The van der Waals surface area contributed by atoms with Crippen molar-refractivity contribution in [1.82, 2.24) is 5.32 Å². The number of carbonyl (C=O) groups excluding carboxylic acids is 2. The van der Waals surface area contributed by atoms with E-state index in [-0.39, 0.29) is 25.1 Å². The Morgan fingerprint density at radius 1 is 1.12 bits per heavy atom. The number of anilines is 1. The topological polar surface area (TPSA) is 67.4 Å². The highest BCUT2D eigenvalue weighted by Crippen LogP contribution is 2.17. The molecule has 0 radical (unpaired) electrons. The fraction of sp³-hybridized carbons (Fsp3) is 0.263. The summed E-state index contributed by atoms with van der Waals surface area (Å²) >= 11 is 5.87. The minimum Gasteiger partial charge on any atom is -0.462 e. The molecule has 2 aromatic rings. The van der Waals surface area contributed by atoms with Crippen molar-refractivity contribution in [2.75, 3.05) is 18.5 Å². The Bertz CT molecular complexity index is 732. The molecule has 0 unspecified atom stereocenters. The quantitative estimate of drug-likeness (QED) is 0.737. The number of benzene rings is 2. The van der Waals surface area contributed by atoms with E-state index >= 15 is 0 Å². The molecule has 1 amide bonds. The molecule has 0 saturated heterocycles. The van der Waals surface area contributed by atoms with Crippen LogP contribution in [0.4, 0.5) is 5.69 Å². The number of hydrogen-bond donors (Lipinski definition) is 2. The van der Waals surface area contributed by atoms with E-state index in [0.29, 0.717) is 16.3 Å². The predicted octanol–water partition coefficient (Wildman–Crippen LogP) is 3.81. The molecule has 0 bridgehead atoms. The van der Waals surface area contributed by atoms with Gasteiger partial charge in [0.15, 0.2) is 0 Å². The highest BCUT2D eigenvalue weighted by atomic mass is 35.5. The number of amides is 1. The molecule has 0 aliphatic rings. The fourth-order valence-corrected chi connectivity index (χ4v) is 2.41. The zero-order valence-corrected chi connectivity index (χ0v) is 15.0. The minimum atomic E-state index is -0.458. The van der Waals surface area contributed by atoms with Gasteiger partial charge >= 0.3 is 5.97 Å². The summed E-state index contributed by atoms with van der Waals surface area (Å²) in [5.74, 6) is -0.696. The second-order valence-electron chi connectivity index (χ2n) is 5.47. The van der Waals surface area contributed by atoms with Crippen molar-refractivity contribution >= 4 is 29.2 Å². The largest absolute Gasteiger partial charge is 0.462 e. The number of para-hydroxylation sites is 1. The Hall–Kier alpha value is -2.37. The van der Waals surface area contributed by atoms with Crippen molar-refractivity contribution in [3.63, 3.8) is 0 Å². The van der Waals surface area contributed by atoms with Crippen molar-refractivity contribution in [3.8, 4) is 0 Å². The van der Waals surface area contributed by atoms with Gasteiger partial charge in [0.25, 0.3) is 0 Å². The molecule has 2 N–H and O–H groups in total. The van der Waals surface area contributed by atoms with Crippen LogP contribution in [0.15, 0.2) is 48.5 Å². The van der Waals surface area contributed by atoms with E-state index in [1.54, 1.807) is 31.2 Å². The standard InChI is InChI=1S/C19H21ClN2O3/c1-3-25-19(24)16-6-4-5-7-17(16)22-18(23)12-21-13(2)14-8-10-15(20)11-9-14/h4-11,13,21H,3,12H2,1-2H3,(H,22,23)/t13-/m0/s1. The molecule has 132 valence electrons. The van der Waals surface area contributed by atoms with Gasteiger partial charge in [-0.15, -0.1) is 0 Å². The first-order valence-electron chi connectivity index (χ1n) is 8.06. The van der Waals surface area contributed by atoms with E-state index in [2.05, 4.69) is 10.6 Å². The summed E-state index contributed by atoms with van der Waals surface area (Å²) in [6, 6.07) is 14.2. The van der Waals surface area contributed by atoms with Gasteiger partial charge in [0.2, 0.25) is 5.91 Å². The Morgan fingerprint density at radius 2 is 1.80 bits per heavy atom. The van der Waals surface area contributed by atoms with Crippen molar-refractivity contribution in [1.29, 1.82) is 0 Å². The van der Waals surface area contributed by atoms with Gasteiger partial charge in [0.05, 0.1) is 24.4 Å². The Labute approximate surface area is 152 Å². The zero-order chi connectivity index (χ0) is 18.2. The fourth-order valence-electron chi connectivity index (χ4n) is 2.29. The lowest BCUT2D eigenvalue weighted by Crippen LogP contribution is -2.30. The second kappa shape index (κ2) is 9.20. The van der Waals surface area contributed by atoms with Gasteiger partial charge in [-0.2, -0.15) is 0 Å². The first kappa shape index (κ1) is 19.0. The monoisotopic (exact) mass is 360 g/mol. The molecule has 0 aromatic heterocycles. The Morgan fingerprint density at radius 3 is 2.48 bits per heavy atom. The van der Waals surface area contributed by atoms with Gasteiger partial charge in [-0.3, -0.25) is 4.79 Å². The van der Waals surface area contributed by atoms with Gasteiger partial charge in [0, 0.05) is 11.1 Å². The molecule has 6 heteroatoms. The van der Waals surface area contributed by atoms with E-state index in [0.717, 1.165) is 5.56 Å². The number of hydrogen-bond acceptors (Lipinski definition) is 4. The molecule has 2 aromatic carbocycles. The summed E-state index contributed by atoms with van der Waals surface area (Å²) < 4.78 is 5.00. The van der Waals surface area contributed by atoms with Crippen LogP contribution in [0.3, 0.4) is 0 Å². The SMILES string of the molecule is CCOC(=O)c1ccccc1NC(=O)CN[C@@H](C)c1ccc(Cl)cc1. The van der Waals surface area contributed by atoms with Crippen LogP contribution in [0.25, 0.3) is 0 Å². The highest BCUT2D eigenvalue weighted by Gasteiger charge is 2.14. The number of esters is 1. The summed E-state index contributed by atoms with van der Waals surface area (Å²) in [5, 5.41) is 6.55. The third-order valence-corrected chi connectivity index (χ3v) is 3.89. The lowest BCUT2D eigenvalue weighted by Gasteiger charge is -2.15. The Balaban J connectivity index is 1.94. The van der Waals surface area contributed by atoms with Crippen molar-refractivity contribution in [2.45, 2.75) is 19.9 Å². The molecule has 0 fully saturated rings. The number of nitrogens with one attached hydrogen (secondary N) is 2. The van der Waals surface area contributed by atoms with Crippen LogP contribution in [0.1, 0.15) is 35.8 Å². The molecule has 5 nitrogen and oxygen atoms in total. The number of halogens is 1. The average molecular weight is 361 g/mol. The molecular formula is C19H21ClN2O3. The van der Waals surface area contributed by atoms with Crippen LogP contribution >= 0.6 is 11.6 Å². The third-order valence-electron chi connectivity index (χ3n) is 3.64. The van der Waals surface area contributed by atoms with Crippen molar-refractivity contribution < 1.29 is 14.3 Å². The number of carbonyl (C=O) groups is 2. The molecular weight excluding hydrogens is 340 g/mol. The molecule has 0 heterocycles. The van der Waals surface area contributed by atoms with Crippen molar-refractivity contribution in [3.05, 3.63) is 64.7 Å². The summed E-state index contributed by atoms with van der Waals surface area (Å²) in [7, 11) is 0. The number of ether oxygens (including phenoxy) is 1. The van der Waals surface area contributed by atoms with Crippen molar-refractivity contribution in [2.24, 2.45) is 0 Å².